The number of rotatable bonds is 9. The second-order valence-corrected chi connectivity index (χ2v) is 10.8. The van der Waals surface area contributed by atoms with Crippen LogP contribution in [-0.2, 0) is 27.6 Å². The fourth-order valence-corrected chi connectivity index (χ4v) is 5.74. The first-order valence-corrected chi connectivity index (χ1v) is 13.3. The molecule has 7 nitrogen and oxygen atoms in total. The summed E-state index contributed by atoms with van der Waals surface area (Å²) in [7, 11) is -2.12. The summed E-state index contributed by atoms with van der Waals surface area (Å²) in [4.78, 5) is 24.0. The zero-order valence-corrected chi connectivity index (χ0v) is 20.6. The summed E-state index contributed by atoms with van der Waals surface area (Å²) >= 11 is 1.42. The Balaban J connectivity index is 1.58. The number of nitrogens with zero attached hydrogens (tertiary/aromatic N) is 3. The zero-order valence-electron chi connectivity index (χ0n) is 19.0. The first-order valence-electron chi connectivity index (χ1n) is 10.9. The van der Waals surface area contributed by atoms with Gasteiger partial charge < -0.3 is 4.74 Å². The van der Waals surface area contributed by atoms with E-state index in [1.54, 1.807) is 24.4 Å². The highest BCUT2D eigenvalue weighted by Gasteiger charge is 2.24. The molecule has 0 aliphatic carbocycles. The molecular weight excluding hydrogens is 470 g/mol. The number of hydrogen-bond acceptors (Lipinski definition) is 7. The number of thiazole rings is 1. The van der Waals surface area contributed by atoms with Crippen LogP contribution in [0.2, 0.25) is 0 Å². The maximum atomic E-state index is 13.3. The highest BCUT2D eigenvalue weighted by Crippen LogP contribution is 2.31. The number of amides is 1. The molecule has 0 saturated carbocycles. The van der Waals surface area contributed by atoms with Crippen molar-refractivity contribution in [3.05, 3.63) is 78.1 Å². The second-order valence-electron chi connectivity index (χ2n) is 7.70. The third-order valence-electron chi connectivity index (χ3n) is 5.43. The lowest BCUT2D eigenvalue weighted by Crippen LogP contribution is -2.32. The van der Waals surface area contributed by atoms with E-state index in [0.29, 0.717) is 16.6 Å². The summed E-state index contributed by atoms with van der Waals surface area (Å²) in [5.41, 5.74) is 2.69. The largest absolute Gasteiger partial charge is 0.497 e. The summed E-state index contributed by atoms with van der Waals surface area (Å²) in [5, 5.41) is 0.528. The molecule has 0 N–H and O–H groups in total. The maximum Gasteiger partial charge on any atom is 0.230 e. The predicted molar refractivity (Wildman–Crippen MR) is 134 cm³/mol. The molecule has 0 spiro atoms. The molecule has 0 bridgehead atoms. The van der Waals surface area contributed by atoms with Crippen molar-refractivity contribution < 1.29 is 17.9 Å². The smallest absolute Gasteiger partial charge is 0.230 e. The van der Waals surface area contributed by atoms with Crippen molar-refractivity contribution in [1.29, 1.82) is 0 Å². The first kappa shape index (κ1) is 23.8. The Morgan fingerprint density at radius 1 is 1.09 bits per heavy atom. The SMILES string of the molecule is CCc1ccc2nc(N(Cc3ccccn3)C(=O)CCS(=O)(=O)c3ccc(OC)cc3)sc2c1. The van der Waals surface area contributed by atoms with Gasteiger partial charge >= 0.3 is 0 Å². The Bertz CT molecular complexity index is 1380. The van der Waals surface area contributed by atoms with Gasteiger partial charge in [0.25, 0.3) is 0 Å². The fraction of sp³-hybridized carbons (Fsp3) is 0.240. The average Bonchev–Trinajstić information content (AvgIpc) is 3.29. The molecule has 0 unspecified atom stereocenters. The van der Waals surface area contributed by atoms with Crippen LogP contribution in [0.3, 0.4) is 0 Å². The number of aryl methyl sites for hydroxylation is 1. The molecule has 2 aromatic heterocycles. The lowest BCUT2D eigenvalue weighted by Gasteiger charge is -2.19. The topological polar surface area (TPSA) is 89.5 Å². The van der Waals surface area contributed by atoms with Crippen LogP contribution in [0.1, 0.15) is 24.6 Å². The molecule has 2 heterocycles. The molecule has 0 fully saturated rings. The van der Waals surface area contributed by atoms with Crippen LogP contribution in [0, 0.1) is 0 Å². The Labute approximate surface area is 203 Å². The number of fused-ring (bicyclic) bond motifs is 1. The van der Waals surface area contributed by atoms with E-state index < -0.39 is 9.84 Å². The molecule has 0 saturated heterocycles. The summed E-state index contributed by atoms with van der Waals surface area (Å²) in [6, 6.07) is 17.7. The molecule has 0 radical (unpaired) electrons. The van der Waals surface area contributed by atoms with Gasteiger partial charge in [0, 0.05) is 12.6 Å². The average molecular weight is 496 g/mol. The monoisotopic (exact) mass is 495 g/mol. The molecule has 9 heteroatoms. The quantitative estimate of drug-likeness (QED) is 0.336. The first-order chi connectivity index (χ1) is 16.4. The van der Waals surface area contributed by atoms with E-state index in [2.05, 4.69) is 23.0 Å². The highest BCUT2D eigenvalue weighted by molar-refractivity contribution is 7.91. The van der Waals surface area contributed by atoms with Gasteiger partial charge in [0.05, 0.1) is 40.2 Å². The highest BCUT2D eigenvalue weighted by atomic mass is 32.2. The van der Waals surface area contributed by atoms with Crippen molar-refractivity contribution in [3.63, 3.8) is 0 Å². The van der Waals surface area contributed by atoms with Crippen molar-refractivity contribution >= 4 is 42.4 Å². The Morgan fingerprint density at radius 2 is 1.88 bits per heavy atom. The normalized spacial score (nSPS) is 11.5. The van der Waals surface area contributed by atoms with Gasteiger partial charge in [0.2, 0.25) is 5.91 Å². The summed E-state index contributed by atoms with van der Waals surface area (Å²) < 4.78 is 31.7. The van der Waals surface area contributed by atoms with Crippen molar-refractivity contribution in [2.45, 2.75) is 31.2 Å². The molecule has 1 amide bonds. The Hall–Kier alpha value is -3.30. The van der Waals surface area contributed by atoms with Gasteiger partial charge in [-0.05, 0) is 60.5 Å². The lowest BCUT2D eigenvalue weighted by molar-refractivity contribution is -0.118. The molecular formula is C25H25N3O4S2. The molecule has 0 aliphatic rings. The van der Waals surface area contributed by atoms with E-state index in [4.69, 9.17) is 4.74 Å². The minimum atomic E-state index is -3.64. The van der Waals surface area contributed by atoms with Gasteiger partial charge in [0.1, 0.15) is 5.75 Å². The Kier molecular flexibility index (Phi) is 7.23. The van der Waals surface area contributed by atoms with E-state index >= 15 is 0 Å². The van der Waals surface area contributed by atoms with Gasteiger partial charge in [-0.25, -0.2) is 13.4 Å². The minimum absolute atomic E-state index is 0.157. The van der Waals surface area contributed by atoms with Gasteiger partial charge in [0.15, 0.2) is 15.0 Å². The van der Waals surface area contributed by atoms with Crippen LogP contribution in [-0.4, -0.2) is 37.2 Å². The van der Waals surface area contributed by atoms with Gasteiger partial charge in [-0.1, -0.05) is 30.4 Å². The Morgan fingerprint density at radius 3 is 2.56 bits per heavy atom. The molecule has 0 atom stereocenters. The summed E-state index contributed by atoms with van der Waals surface area (Å²) in [5.74, 6) is -0.0574. The number of anilines is 1. The number of carbonyl (C=O) groups is 1. The van der Waals surface area contributed by atoms with Crippen molar-refractivity contribution in [2.75, 3.05) is 17.8 Å². The number of carbonyl (C=O) groups excluding carboxylic acids is 1. The van der Waals surface area contributed by atoms with Crippen LogP contribution in [0.4, 0.5) is 5.13 Å². The van der Waals surface area contributed by atoms with Gasteiger partial charge in [-0.2, -0.15) is 0 Å². The van der Waals surface area contributed by atoms with Crippen LogP contribution in [0.25, 0.3) is 10.2 Å². The van der Waals surface area contributed by atoms with Crippen LogP contribution in [0.5, 0.6) is 5.75 Å². The van der Waals surface area contributed by atoms with E-state index in [0.717, 1.165) is 16.6 Å². The maximum absolute atomic E-state index is 13.3. The van der Waals surface area contributed by atoms with E-state index in [9.17, 15) is 13.2 Å². The summed E-state index contributed by atoms with van der Waals surface area (Å²) in [6.45, 7) is 2.30. The number of benzene rings is 2. The molecule has 2 aromatic carbocycles. The molecule has 34 heavy (non-hydrogen) atoms. The van der Waals surface area contributed by atoms with Crippen molar-refractivity contribution in [3.8, 4) is 5.75 Å². The van der Waals surface area contributed by atoms with Crippen molar-refractivity contribution in [1.82, 2.24) is 9.97 Å². The van der Waals surface area contributed by atoms with E-state index in [-0.39, 0.29) is 29.5 Å². The zero-order chi connectivity index (χ0) is 24.1. The minimum Gasteiger partial charge on any atom is -0.497 e. The van der Waals surface area contributed by atoms with Gasteiger partial charge in [-0.15, -0.1) is 0 Å². The number of aromatic nitrogens is 2. The third kappa shape index (κ3) is 5.43. The second kappa shape index (κ2) is 10.3. The number of ether oxygens (including phenoxy) is 1. The molecule has 4 rings (SSSR count). The standard InChI is InChI=1S/C25H25N3O4S2/c1-3-18-7-12-22-23(16-18)33-25(27-22)28(17-19-6-4-5-14-26-19)24(29)13-15-34(30,31)21-10-8-20(32-2)9-11-21/h4-12,14,16H,3,13,15,17H2,1-2H3. The van der Waals surface area contributed by atoms with Crippen LogP contribution >= 0.6 is 11.3 Å². The van der Waals surface area contributed by atoms with Crippen LogP contribution in [0.15, 0.2) is 71.8 Å². The fourth-order valence-electron chi connectivity index (χ4n) is 3.47. The lowest BCUT2D eigenvalue weighted by atomic mass is 10.2. The molecule has 0 aliphatic heterocycles. The molecule has 4 aromatic rings. The predicted octanol–water partition coefficient (Wildman–Crippen LogP) is 4.66. The summed E-state index contributed by atoms with van der Waals surface area (Å²) in [6.07, 6.45) is 2.40. The van der Waals surface area contributed by atoms with Crippen LogP contribution < -0.4 is 9.64 Å². The number of hydrogen-bond donors (Lipinski definition) is 0. The van der Waals surface area contributed by atoms with E-state index in [1.165, 1.54) is 41.0 Å². The third-order valence-corrected chi connectivity index (χ3v) is 8.20. The van der Waals surface area contributed by atoms with E-state index in [1.807, 2.05) is 24.3 Å². The number of methoxy groups -OCH3 is 1. The van der Waals surface area contributed by atoms with Gasteiger partial charge in [-0.3, -0.25) is 14.7 Å². The number of sulfone groups is 1. The molecule has 176 valence electrons. The van der Waals surface area contributed by atoms with Crippen molar-refractivity contribution in [2.24, 2.45) is 0 Å². The number of pyridine rings is 1.